The van der Waals surface area contributed by atoms with Crippen LogP contribution in [-0.4, -0.2) is 42.7 Å². The number of aryl methyl sites for hydroxylation is 2. The molecule has 2 unspecified atom stereocenters. The molecule has 27 heavy (non-hydrogen) atoms. The molecule has 2 atom stereocenters. The lowest BCUT2D eigenvalue weighted by molar-refractivity contribution is -0.137. The van der Waals surface area contributed by atoms with E-state index in [-0.39, 0.29) is 18.1 Å². The third kappa shape index (κ3) is 3.88. The number of hydrogen-bond donors (Lipinski definition) is 0. The van der Waals surface area contributed by atoms with Crippen LogP contribution in [0, 0.1) is 13.8 Å². The van der Waals surface area contributed by atoms with Gasteiger partial charge in [-0.2, -0.15) is 0 Å². The van der Waals surface area contributed by atoms with Gasteiger partial charge in [-0.1, -0.05) is 0 Å². The van der Waals surface area contributed by atoms with Gasteiger partial charge in [0.05, 0.1) is 25.1 Å². The number of ether oxygens (including phenoxy) is 2. The van der Waals surface area contributed by atoms with Crippen LogP contribution in [0.5, 0.6) is 5.75 Å². The number of carbonyl (C=O) groups is 1. The molecule has 2 aromatic rings. The normalized spacial score (nSPS) is 21.0. The van der Waals surface area contributed by atoms with E-state index in [1.165, 1.54) is 0 Å². The molecule has 1 aliphatic heterocycles. The van der Waals surface area contributed by atoms with Crippen LogP contribution < -0.4 is 4.74 Å². The van der Waals surface area contributed by atoms with Crippen molar-refractivity contribution in [3.8, 4) is 5.75 Å². The summed E-state index contributed by atoms with van der Waals surface area (Å²) in [6, 6.07) is 2.07. The van der Waals surface area contributed by atoms with Crippen molar-refractivity contribution in [1.29, 1.82) is 0 Å². The van der Waals surface area contributed by atoms with Gasteiger partial charge in [-0.15, -0.1) is 0 Å². The molecule has 1 aliphatic rings. The van der Waals surface area contributed by atoms with Crippen molar-refractivity contribution < 1.29 is 18.7 Å². The molecule has 1 fully saturated rings. The van der Waals surface area contributed by atoms with Crippen molar-refractivity contribution >= 4 is 22.4 Å². The molecule has 1 saturated heterocycles. The second-order valence-corrected chi connectivity index (χ2v) is 7.43. The quantitative estimate of drug-likeness (QED) is 0.743. The zero-order valence-electron chi connectivity index (χ0n) is 17.1. The number of fused-ring (bicyclic) bond motifs is 1. The molecule has 1 aromatic heterocycles. The second-order valence-electron chi connectivity index (χ2n) is 7.43. The largest absolute Gasteiger partial charge is 0.493 e. The van der Waals surface area contributed by atoms with Gasteiger partial charge in [0.2, 0.25) is 5.91 Å². The Morgan fingerprint density at radius 2 is 1.96 bits per heavy atom. The van der Waals surface area contributed by atoms with Crippen LogP contribution in [0.25, 0.3) is 16.5 Å². The average Bonchev–Trinajstić information content (AvgIpc) is 2.97. The third-order valence-electron chi connectivity index (χ3n) is 5.02. The highest BCUT2D eigenvalue weighted by atomic mass is 16.5. The Hall–Kier alpha value is -2.27. The minimum atomic E-state index is 0.0126. The molecule has 3 rings (SSSR count). The lowest BCUT2D eigenvalue weighted by Crippen LogP contribution is -2.47. The number of rotatable bonds is 4. The third-order valence-corrected chi connectivity index (χ3v) is 5.02. The number of amides is 1. The maximum atomic E-state index is 12.8. The molecule has 5 heteroatoms. The van der Waals surface area contributed by atoms with E-state index in [4.69, 9.17) is 13.9 Å². The van der Waals surface area contributed by atoms with Crippen LogP contribution in [0.3, 0.4) is 0 Å². The molecule has 0 radical (unpaired) electrons. The van der Waals surface area contributed by atoms with Crippen LogP contribution in [0.4, 0.5) is 0 Å². The first-order valence-corrected chi connectivity index (χ1v) is 9.59. The summed E-state index contributed by atoms with van der Waals surface area (Å²) in [5.41, 5.74) is 4.71. The summed E-state index contributed by atoms with van der Waals surface area (Å²) in [4.78, 5) is 14.7. The summed E-state index contributed by atoms with van der Waals surface area (Å²) >= 11 is 0. The topological polar surface area (TPSA) is 51.9 Å². The molecular weight excluding hydrogens is 342 g/mol. The van der Waals surface area contributed by atoms with E-state index in [0.717, 1.165) is 39.0 Å². The van der Waals surface area contributed by atoms with E-state index in [1.807, 2.05) is 46.4 Å². The predicted molar refractivity (Wildman–Crippen MR) is 107 cm³/mol. The number of allylic oxidation sites excluding steroid dienone is 1. The molecule has 0 spiro atoms. The van der Waals surface area contributed by atoms with E-state index in [0.29, 0.717) is 19.7 Å². The molecule has 0 aliphatic carbocycles. The number of carbonyl (C=O) groups excluding carboxylic acids is 1. The molecule has 146 valence electrons. The second kappa shape index (κ2) is 7.77. The van der Waals surface area contributed by atoms with Crippen molar-refractivity contribution in [1.82, 2.24) is 4.90 Å². The van der Waals surface area contributed by atoms with Crippen molar-refractivity contribution in [2.24, 2.45) is 0 Å². The van der Waals surface area contributed by atoms with E-state index in [1.54, 1.807) is 12.3 Å². The molecule has 0 saturated carbocycles. The van der Waals surface area contributed by atoms with Gasteiger partial charge in [0, 0.05) is 35.7 Å². The molecule has 5 nitrogen and oxygen atoms in total. The average molecular weight is 371 g/mol. The minimum Gasteiger partial charge on any atom is -0.493 e. The van der Waals surface area contributed by atoms with E-state index in [9.17, 15) is 4.79 Å². The van der Waals surface area contributed by atoms with Crippen LogP contribution >= 0.6 is 0 Å². The molecule has 1 amide bonds. The number of hydrogen-bond acceptors (Lipinski definition) is 4. The molecular formula is C22H29NO4. The highest BCUT2D eigenvalue weighted by Gasteiger charge is 2.25. The summed E-state index contributed by atoms with van der Waals surface area (Å²) in [6.07, 6.45) is 3.58. The highest BCUT2D eigenvalue weighted by molar-refractivity contribution is 5.98. The van der Waals surface area contributed by atoms with Crippen LogP contribution in [0.1, 0.15) is 44.4 Å². The number of benzene rings is 1. The van der Waals surface area contributed by atoms with Crippen LogP contribution in [0.2, 0.25) is 0 Å². The summed E-state index contributed by atoms with van der Waals surface area (Å²) in [6.45, 7) is 13.7. The van der Waals surface area contributed by atoms with Gasteiger partial charge in [-0.25, -0.2) is 0 Å². The fourth-order valence-corrected chi connectivity index (χ4v) is 3.77. The first-order valence-electron chi connectivity index (χ1n) is 9.59. The lowest BCUT2D eigenvalue weighted by atomic mass is 9.98. The number of furan rings is 1. The standard InChI is InChI=1S/C22H29NO4/c1-7-25-21-17(6)22-19(14(3)12-26-22)9-18(21)13(2)8-20(24)23-10-15(4)27-16(5)11-23/h8-9,12,15-16H,7,10-11H2,1-6H3/b13-8+. The van der Waals surface area contributed by atoms with E-state index in [2.05, 4.69) is 6.07 Å². The molecule has 1 aromatic carbocycles. The Morgan fingerprint density at radius 3 is 2.59 bits per heavy atom. The van der Waals surface area contributed by atoms with Gasteiger partial charge in [0.25, 0.3) is 0 Å². The van der Waals surface area contributed by atoms with Crippen LogP contribution in [-0.2, 0) is 9.53 Å². The smallest absolute Gasteiger partial charge is 0.247 e. The molecule has 0 bridgehead atoms. The minimum absolute atomic E-state index is 0.0126. The fourth-order valence-electron chi connectivity index (χ4n) is 3.77. The first kappa shape index (κ1) is 19.5. The first-order chi connectivity index (χ1) is 12.8. The van der Waals surface area contributed by atoms with Crippen molar-refractivity contribution in [3.05, 3.63) is 35.1 Å². The maximum Gasteiger partial charge on any atom is 0.247 e. The van der Waals surface area contributed by atoms with Crippen molar-refractivity contribution in [2.45, 2.75) is 53.8 Å². The number of morpholine rings is 1. The summed E-state index contributed by atoms with van der Waals surface area (Å²) in [7, 11) is 0. The Balaban J connectivity index is 1.99. The zero-order valence-corrected chi connectivity index (χ0v) is 17.1. The fraction of sp³-hybridized carbons (Fsp3) is 0.500. The van der Waals surface area contributed by atoms with Crippen LogP contribution in [0.15, 0.2) is 22.8 Å². The molecule has 2 heterocycles. The predicted octanol–water partition coefficient (Wildman–Crippen LogP) is 4.49. The SMILES string of the molecule is CCOc1c(/C(C)=C/C(=O)N2CC(C)OC(C)C2)cc2c(C)coc2c1C. The lowest BCUT2D eigenvalue weighted by Gasteiger charge is -2.34. The Morgan fingerprint density at radius 1 is 1.30 bits per heavy atom. The Kier molecular flexibility index (Phi) is 5.61. The maximum absolute atomic E-state index is 12.8. The summed E-state index contributed by atoms with van der Waals surface area (Å²) in [5, 5.41) is 1.06. The van der Waals surface area contributed by atoms with Gasteiger partial charge in [-0.05, 0) is 58.7 Å². The summed E-state index contributed by atoms with van der Waals surface area (Å²) in [5.74, 6) is 0.795. The van der Waals surface area contributed by atoms with Crippen molar-refractivity contribution in [2.75, 3.05) is 19.7 Å². The van der Waals surface area contributed by atoms with E-state index < -0.39 is 0 Å². The monoisotopic (exact) mass is 371 g/mol. The zero-order chi connectivity index (χ0) is 19.7. The number of nitrogens with zero attached hydrogens (tertiary/aromatic N) is 1. The highest BCUT2D eigenvalue weighted by Crippen LogP contribution is 2.37. The Labute approximate surface area is 160 Å². The van der Waals surface area contributed by atoms with Gasteiger partial charge in [0.1, 0.15) is 11.3 Å². The van der Waals surface area contributed by atoms with Gasteiger partial charge in [0.15, 0.2) is 0 Å². The van der Waals surface area contributed by atoms with Gasteiger partial charge >= 0.3 is 0 Å². The Bertz CT molecular complexity index is 870. The van der Waals surface area contributed by atoms with Gasteiger partial charge in [-0.3, -0.25) is 4.79 Å². The summed E-state index contributed by atoms with van der Waals surface area (Å²) < 4.78 is 17.4. The van der Waals surface area contributed by atoms with Gasteiger partial charge < -0.3 is 18.8 Å². The van der Waals surface area contributed by atoms with Crippen molar-refractivity contribution in [3.63, 3.8) is 0 Å². The molecule has 0 N–H and O–H groups in total. The van der Waals surface area contributed by atoms with E-state index >= 15 is 0 Å².